The van der Waals surface area contributed by atoms with Crippen LogP contribution in [0.3, 0.4) is 0 Å². The molecule has 5 heterocycles. The highest BCUT2D eigenvalue weighted by Crippen LogP contribution is 2.57. The van der Waals surface area contributed by atoms with Crippen LogP contribution in [0, 0.1) is 0 Å². The van der Waals surface area contributed by atoms with Gasteiger partial charge in [0.05, 0.1) is 44.5 Å². The highest BCUT2D eigenvalue weighted by Gasteiger charge is 2.47. The smallest absolute Gasteiger partial charge is 0.252 e. The lowest BCUT2D eigenvalue weighted by molar-refractivity contribution is 0.589. The molecule has 0 atom stereocenters. The van der Waals surface area contributed by atoms with Crippen LogP contribution in [0.25, 0.3) is 127 Å². The van der Waals surface area contributed by atoms with Crippen LogP contribution in [0.15, 0.2) is 297 Å². The summed E-state index contributed by atoms with van der Waals surface area (Å²) >= 11 is 0. The Balaban J connectivity index is 0.981. The molecule has 0 spiro atoms. The number of rotatable bonds is 9. The van der Waals surface area contributed by atoms with Gasteiger partial charge in [0, 0.05) is 94.4 Å². The molecule has 2 aliphatic rings. The van der Waals surface area contributed by atoms with Crippen molar-refractivity contribution in [1.29, 1.82) is 0 Å². The fourth-order valence-electron chi connectivity index (χ4n) is 21.1. The first-order chi connectivity index (χ1) is 62.1. The molecule has 20 rings (SSSR count). The third-order valence-corrected chi connectivity index (χ3v) is 29.0. The molecular weight excluding hydrogens is 1590 g/mol. The molecule has 0 unspecified atom stereocenters. The lowest BCUT2D eigenvalue weighted by Crippen LogP contribution is -2.61. The van der Waals surface area contributed by atoms with E-state index >= 15 is 0 Å². The van der Waals surface area contributed by atoms with Crippen molar-refractivity contribution < 1.29 is 0 Å². The number of para-hydroxylation sites is 3. The Bertz CT molecular complexity index is 7450. The second-order valence-electron chi connectivity index (χ2n) is 47.6. The summed E-state index contributed by atoms with van der Waals surface area (Å²) in [7, 11) is 0. The quantitative estimate of drug-likeness (QED) is 0.134. The molecule has 5 nitrogen and oxygen atoms in total. The number of nitrogens with zero attached hydrogens (tertiary/aromatic N) is 5. The maximum atomic E-state index is 2.81. The van der Waals surface area contributed by atoms with Gasteiger partial charge < -0.3 is 23.5 Å². The first-order valence-corrected chi connectivity index (χ1v) is 48.1. The van der Waals surface area contributed by atoms with Crippen LogP contribution in [0.2, 0.25) is 0 Å². The summed E-state index contributed by atoms with van der Waals surface area (Å²) in [4.78, 5) is 5.62. The summed E-state index contributed by atoms with van der Waals surface area (Å²) in [6.07, 6.45) is 0. The average molecular weight is 1730 g/mol. The number of hydrogen-bond acceptors (Lipinski definition) is 2. The van der Waals surface area contributed by atoms with Gasteiger partial charge in [-0.05, 0) is 259 Å². The largest absolute Gasteiger partial charge is 0.310 e. The molecule has 3 aromatic heterocycles. The van der Waals surface area contributed by atoms with Crippen molar-refractivity contribution >= 4 is 123 Å². The van der Waals surface area contributed by atoms with Crippen molar-refractivity contribution in [2.45, 2.75) is 236 Å². The predicted octanol–water partition coefficient (Wildman–Crippen LogP) is 33.4. The van der Waals surface area contributed by atoms with Crippen molar-refractivity contribution in [1.82, 2.24) is 13.7 Å². The second kappa shape index (κ2) is 30.5. The normalized spacial score (nSPS) is 13.7. The van der Waals surface area contributed by atoms with Gasteiger partial charge in [-0.3, -0.25) is 0 Å². The van der Waals surface area contributed by atoms with Crippen LogP contribution in [0.5, 0.6) is 0 Å². The van der Waals surface area contributed by atoms with Gasteiger partial charge in [-0.15, -0.1) is 0 Å². The molecule has 6 heteroatoms. The van der Waals surface area contributed by atoms with Gasteiger partial charge in [0.2, 0.25) is 0 Å². The molecule has 15 aromatic carbocycles. The van der Waals surface area contributed by atoms with E-state index < -0.39 is 5.41 Å². The van der Waals surface area contributed by atoms with Crippen molar-refractivity contribution in [2.75, 3.05) is 9.80 Å². The van der Waals surface area contributed by atoms with Crippen LogP contribution in [0.1, 0.15) is 237 Å². The Morgan fingerprint density at radius 1 is 0.182 bits per heavy atom. The third-order valence-electron chi connectivity index (χ3n) is 29.0. The zero-order valence-electron chi connectivity index (χ0n) is 83.1. The van der Waals surface area contributed by atoms with Gasteiger partial charge in [0.25, 0.3) is 6.71 Å². The highest BCUT2D eigenvalue weighted by molar-refractivity contribution is 7.00. The Labute approximate surface area is 785 Å². The van der Waals surface area contributed by atoms with E-state index in [0.717, 1.165) is 73.3 Å². The summed E-state index contributed by atoms with van der Waals surface area (Å²) in [6.45, 7) is 63.6. The molecule has 0 bridgehead atoms. The number of benzene rings is 15. The first kappa shape index (κ1) is 87.4. The first-order valence-electron chi connectivity index (χ1n) is 48.1. The maximum Gasteiger partial charge on any atom is 0.252 e. The Hall–Kier alpha value is -12.6. The van der Waals surface area contributed by atoms with Gasteiger partial charge in [0.1, 0.15) is 0 Å². The van der Waals surface area contributed by atoms with Gasteiger partial charge in [-0.25, -0.2) is 0 Å². The zero-order chi connectivity index (χ0) is 93.3. The molecule has 0 amide bonds. The molecule has 132 heavy (non-hydrogen) atoms. The van der Waals surface area contributed by atoms with E-state index in [2.05, 4.69) is 508 Å². The van der Waals surface area contributed by atoms with E-state index in [4.69, 9.17) is 0 Å². The van der Waals surface area contributed by atoms with E-state index in [0.29, 0.717) is 0 Å². The van der Waals surface area contributed by atoms with Gasteiger partial charge in [-0.1, -0.05) is 363 Å². The van der Waals surface area contributed by atoms with Crippen molar-refractivity contribution in [3.05, 3.63) is 347 Å². The number of aromatic nitrogens is 3. The molecule has 0 saturated carbocycles. The fourth-order valence-corrected chi connectivity index (χ4v) is 21.1. The van der Waals surface area contributed by atoms with Gasteiger partial charge in [0.15, 0.2) is 0 Å². The molecule has 18 aromatic rings. The molecule has 662 valence electrons. The van der Waals surface area contributed by atoms with E-state index in [-0.39, 0.29) is 50.0 Å². The lowest BCUT2D eigenvalue weighted by Gasteiger charge is -2.47. The van der Waals surface area contributed by atoms with E-state index in [1.54, 1.807) is 0 Å². The van der Waals surface area contributed by atoms with Gasteiger partial charge in [-0.2, -0.15) is 0 Å². The number of hydrogen-bond donors (Lipinski definition) is 0. The number of anilines is 6. The zero-order valence-corrected chi connectivity index (χ0v) is 83.1. The van der Waals surface area contributed by atoms with E-state index in [1.165, 1.54) is 154 Å². The minimum absolute atomic E-state index is 0.0865. The summed E-state index contributed by atoms with van der Waals surface area (Å²) < 4.78 is 7.67. The Morgan fingerprint density at radius 2 is 0.447 bits per heavy atom. The molecule has 0 fully saturated rings. The molecule has 0 aliphatic carbocycles. The highest BCUT2D eigenvalue weighted by atomic mass is 15.2. The average Bonchev–Trinajstić information content (AvgIpc) is 0.903. The summed E-state index contributed by atoms with van der Waals surface area (Å²) in [5, 5.41) is 7.35. The van der Waals surface area contributed by atoms with Crippen LogP contribution in [-0.4, -0.2) is 20.4 Å². The molecule has 2 aliphatic heterocycles. The predicted molar refractivity (Wildman–Crippen MR) is 574 cm³/mol. The molecule has 0 radical (unpaired) electrons. The van der Waals surface area contributed by atoms with Crippen molar-refractivity contribution in [2.24, 2.45) is 0 Å². The summed E-state index contributed by atoms with van der Waals surface area (Å²) in [5.74, 6) is 0. The van der Waals surface area contributed by atoms with E-state index in [1.807, 2.05) is 0 Å². The minimum atomic E-state index is -0.401. The molecule has 0 N–H and O–H groups in total. The summed E-state index contributed by atoms with van der Waals surface area (Å²) in [5.41, 5.74) is 40.4. The van der Waals surface area contributed by atoms with Gasteiger partial charge >= 0.3 is 0 Å². The standard InChI is InChI=1S/C126H130BN5/c1-118(2,3)81-49-41-77(42-50-81)95-67-87(124(19,20)21)68-96(78-43-51-82(52-44-78)119(4,5)6)116(95)131-111-73-91(129-107-63-57-85(122(13,14)15)65-99(107)100-66-86(123(16,17)18)58-64-108(100)129)59-61-103(111)127-104-62-60-92(130-106-40-34-32-38-94(106)102-75-109-101(76-110(102)130)93-37-31-33-39-105(93)128(109)90-35-29-28-30-36-90)74-112(104)132(114-72-89(126(25,26)27)71-113(131)115(114)127)117-97(79-45-53-83(54-46-79)120(7,8)9)69-88(125(22,23)24)70-98(117)80-47-55-84(56-48-80)121(10,11)12/h28-76H,1-27H3. The SMILES string of the molecule is CC(C)(C)c1ccc(-c2cc(C(C)(C)C)cc(-c3ccc(C(C)(C)C)cc3)c2N2c3cc(-n4c5ccc(C(C)(C)C)cc5c5cc(C(C)(C)C)ccc54)ccc3B3c4ccc(-n5c6ccccc6c6cc7c(cc65)c5ccccc5n7-c5ccccc5)cc4N(c4c(-c5ccc(C(C)(C)C)cc5)cc(C(C)(C)C)cc4-c4ccc(C(C)(C)C)cc4)c4cc(C(C)(C)C)cc2c43)cc1. The minimum Gasteiger partial charge on any atom is -0.310 e. The Kier molecular flexibility index (Phi) is 20.2. The topological polar surface area (TPSA) is 21.3 Å². The molecular formula is C126H130BN5. The second-order valence-corrected chi connectivity index (χ2v) is 47.6. The maximum absolute atomic E-state index is 2.81. The molecule has 0 saturated heterocycles. The number of fused-ring (bicyclic) bond motifs is 13. The third kappa shape index (κ3) is 14.8. The Morgan fingerprint density at radius 3 is 0.765 bits per heavy atom. The summed E-state index contributed by atoms with van der Waals surface area (Å²) in [6, 6.07) is 118. The lowest BCUT2D eigenvalue weighted by atomic mass is 9.33. The van der Waals surface area contributed by atoms with Crippen molar-refractivity contribution in [3.8, 4) is 61.6 Å². The van der Waals surface area contributed by atoms with E-state index in [9.17, 15) is 0 Å². The fraction of sp³-hybridized carbons (Fsp3) is 0.286. The van der Waals surface area contributed by atoms with Crippen LogP contribution in [-0.2, 0) is 48.7 Å². The van der Waals surface area contributed by atoms with Crippen LogP contribution in [0.4, 0.5) is 34.1 Å². The van der Waals surface area contributed by atoms with Crippen LogP contribution < -0.4 is 26.2 Å². The van der Waals surface area contributed by atoms with Crippen LogP contribution >= 0.6 is 0 Å². The van der Waals surface area contributed by atoms with Crippen molar-refractivity contribution in [3.63, 3.8) is 0 Å². The monoisotopic (exact) mass is 1720 g/mol.